The quantitative estimate of drug-likeness (QED) is 0.546. The minimum Gasteiger partial charge on any atom is -0.379 e. The van der Waals surface area contributed by atoms with Crippen molar-refractivity contribution in [1.82, 2.24) is 0 Å². The van der Waals surface area contributed by atoms with E-state index >= 15 is 0 Å². The van der Waals surface area contributed by atoms with E-state index in [0.29, 0.717) is 6.61 Å². The van der Waals surface area contributed by atoms with E-state index in [-0.39, 0.29) is 30.7 Å². The van der Waals surface area contributed by atoms with Crippen LogP contribution in [0.15, 0.2) is 0 Å². The first-order valence-electron chi connectivity index (χ1n) is 12.7. The molecule has 6 nitrogen and oxygen atoms in total. The first-order valence-corrected chi connectivity index (χ1v) is 12.7. The third-order valence-corrected chi connectivity index (χ3v) is 7.63. The SMILES string of the molecule is CCCCCCOC[C@H]1O[C@@H]2OC3(CCCCC3)O[C@@H]2[C@H]2OC3(CCCCC3)O[C@H]21. The van der Waals surface area contributed by atoms with Gasteiger partial charge in [0.25, 0.3) is 0 Å². The second-order valence-electron chi connectivity index (χ2n) is 9.99. The number of fused-ring (bicyclic) bond motifs is 3. The van der Waals surface area contributed by atoms with E-state index < -0.39 is 11.6 Å². The van der Waals surface area contributed by atoms with Crippen LogP contribution in [0.25, 0.3) is 0 Å². The van der Waals surface area contributed by atoms with Crippen molar-refractivity contribution in [1.29, 1.82) is 0 Å². The first-order chi connectivity index (χ1) is 14.7. The van der Waals surface area contributed by atoms with E-state index in [1.807, 2.05) is 0 Å². The van der Waals surface area contributed by atoms with Crippen molar-refractivity contribution < 1.29 is 28.4 Å². The largest absolute Gasteiger partial charge is 0.379 e. The van der Waals surface area contributed by atoms with E-state index in [1.165, 1.54) is 32.1 Å². The molecule has 0 bridgehead atoms. The molecule has 0 unspecified atom stereocenters. The summed E-state index contributed by atoms with van der Waals surface area (Å²) < 4.78 is 38.8. The van der Waals surface area contributed by atoms with Gasteiger partial charge >= 0.3 is 0 Å². The zero-order valence-electron chi connectivity index (χ0n) is 18.6. The van der Waals surface area contributed by atoms with Gasteiger partial charge in [-0.15, -0.1) is 0 Å². The van der Waals surface area contributed by atoms with Crippen LogP contribution in [-0.4, -0.2) is 55.5 Å². The lowest BCUT2D eigenvalue weighted by Gasteiger charge is -2.37. The Labute approximate surface area is 181 Å². The van der Waals surface area contributed by atoms with Crippen LogP contribution in [0.3, 0.4) is 0 Å². The predicted octanol–water partition coefficient (Wildman–Crippen LogP) is 4.83. The Morgan fingerprint density at radius 1 is 0.700 bits per heavy atom. The third-order valence-electron chi connectivity index (χ3n) is 7.63. The molecule has 6 heteroatoms. The number of unbranched alkanes of at least 4 members (excludes halogenated alkanes) is 3. The van der Waals surface area contributed by atoms with Crippen molar-refractivity contribution in [2.45, 2.75) is 139 Å². The molecule has 5 rings (SSSR count). The van der Waals surface area contributed by atoms with Crippen LogP contribution in [0.5, 0.6) is 0 Å². The first kappa shape index (κ1) is 21.6. The summed E-state index contributed by atoms with van der Waals surface area (Å²) in [5, 5.41) is 0. The average molecular weight is 425 g/mol. The van der Waals surface area contributed by atoms with Crippen LogP contribution in [0.2, 0.25) is 0 Å². The summed E-state index contributed by atoms with van der Waals surface area (Å²) >= 11 is 0. The fourth-order valence-corrected chi connectivity index (χ4v) is 6.00. The summed E-state index contributed by atoms with van der Waals surface area (Å²) in [5.41, 5.74) is 0. The summed E-state index contributed by atoms with van der Waals surface area (Å²) in [6.45, 7) is 3.54. The van der Waals surface area contributed by atoms with Crippen LogP contribution < -0.4 is 0 Å². The van der Waals surface area contributed by atoms with E-state index in [9.17, 15) is 0 Å². The summed E-state index contributed by atoms with van der Waals surface area (Å²) in [5.74, 6) is -0.948. The van der Waals surface area contributed by atoms with Crippen LogP contribution in [0.4, 0.5) is 0 Å². The predicted molar refractivity (Wildman–Crippen MR) is 111 cm³/mol. The van der Waals surface area contributed by atoms with Gasteiger partial charge in [-0.1, -0.05) is 39.0 Å². The molecule has 0 amide bonds. The topological polar surface area (TPSA) is 55.4 Å². The minimum atomic E-state index is -0.486. The summed E-state index contributed by atoms with van der Waals surface area (Å²) in [6, 6.07) is 0. The fraction of sp³-hybridized carbons (Fsp3) is 1.00. The molecule has 5 atom stereocenters. The van der Waals surface area contributed by atoms with Crippen molar-refractivity contribution in [3.05, 3.63) is 0 Å². The molecule has 5 fully saturated rings. The standard InChI is InChI=1S/C24H40O6/c1-2-3-4-11-16-25-17-18-19-20(28-23(27-19)12-7-5-8-13-23)21-22(26-18)30-24(29-21)14-9-6-10-15-24/h18-22H,2-17H2,1H3/t18-,19+,20+,21-,22-/m1/s1. The molecule has 2 aliphatic carbocycles. The molecule has 30 heavy (non-hydrogen) atoms. The van der Waals surface area contributed by atoms with E-state index in [1.54, 1.807) is 0 Å². The van der Waals surface area contributed by atoms with Gasteiger partial charge in [0.15, 0.2) is 17.9 Å². The van der Waals surface area contributed by atoms with E-state index in [2.05, 4.69) is 6.92 Å². The lowest BCUT2D eigenvalue weighted by Crippen LogP contribution is -2.56. The maximum Gasteiger partial charge on any atom is 0.190 e. The lowest BCUT2D eigenvalue weighted by atomic mass is 9.94. The van der Waals surface area contributed by atoms with Gasteiger partial charge < -0.3 is 28.4 Å². The molecule has 2 spiro atoms. The Kier molecular flexibility index (Phi) is 6.71. The second-order valence-corrected chi connectivity index (χ2v) is 9.99. The molecule has 3 heterocycles. The Morgan fingerprint density at radius 2 is 1.33 bits per heavy atom. The molecule has 3 saturated heterocycles. The van der Waals surface area contributed by atoms with E-state index in [4.69, 9.17) is 28.4 Å². The zero-order valence-corrected chi connectivity index (χ0v) is 18.6. The van der Waals surface area contributed by atoms with Crippen molar-refractivity contribution >= 4 is 0 Å². The molecule has 172 valence electrons. The monoisotopic (exact) mass is 424 g/mol. The molecular formula is C24H40O6. The van der Waals surface area contributed by atoms with Crippen LogP contribution >= 0.6 is 0 Å². The fourth-order valence-electron chi connectivity index (χ4n) is 6.00. The van der Waals surface area contributed by atoms with Crippen LogP contribution in [0, 0.1) is 0 Å². The van der Waals surface area contributed by atoms with Gasteiger partial charge in [-0.25, -0.2) is 0 Å². The van der Waals surface area contributed by atoms with Gasteiger partial charge in [0.1, 0.15) is 24.4 Å². The lowest BCUT2D eigenvalue weighted by molar-refractivity contribution is -0.256. The van der Waals surface area contributed by atoms with Crippen LogP contribution in [-0.2, 0) is 28.4 Å². The van der Waals surface area contributed by atoms with Gasteiger partial charge in [-0.2, -0.15) is 0 Å². The highest BCUT2D eigenvalue weighted by atomic mass is 16.9. The van der Waals surface area contributed by atoms with Gasteiger partial charge in [0.2, 0.25) is 0 Å². The highest BCUT2D eigenvalue weighted by Crippen LogP contribution is 2.50. The molecule has 5 aliphatic rings. The Bertz CT molecular complexity index is 556. The maximum absolute atomic E-state index is 6.67. The average Bonchev–Trinajstić information content (AvgIpc) is 3.30. The van der Waals surface area contributed by atoms with Crippen molar-refractivity contribution in [2.24, 2.45) is 0 Å². The maximum atomic E-state index is 6.67. The summed E-state index contributed by atoms with van der Waals surface area (Å²) in [4.78, 5) is 0. The zero-order chi connectivity index (χ0) is 20.4. The molecule has 0 N–H and O–H groups in total. The molecule has 0 aromatic heterocycles. The van der Waals surface area contributed by atoms with Crippen molar-refractivity contribution in [2.75, 3.05) is 13.2 Å². The van der Waals surface area contributed by atoms with E-state index in [0.717, 1.165) is 64.4 Å². The van der Waals surface area contributed by atoms with Gasteiger partial charge in [-0.3, -0.25) is 0 Å². The molecule has 2 saturated carbocycles. The van der Waals surface area contributed by atoms with Gasteiger partial charge in [0.05, 0.1) is 6.61 Å². The number of hydrogen-bond acceptors (Lipinski definition) is 6. The second kappa shape index (κ2) is 9.32. The minimum absolute atomic E-state index is 0.128. The summed E-state index contributed by atoms with van der Waals surface area (Å²) in [6.07, 6.45) is 14.8. The highest BCUT2D eigenvalue weighted by Gasteiger charge is 2.63. The van der Waals surface area contributed by atoms with Crippen molar-refractivity contribution in [3.63, 3.8) is 0 Å². The molecule has 0 aromatic carbocycles. The Morgan fingerprint density at radius 3 is 2.03 bits per heavy atom. The normalized spacial score (nSPS) is 39.3. The number of rotatable bonds is 7. The molecule has 0 radical (unpaired) electrons. The Balaban J connectivity index is 1.27. The molecular weight excluding hydrogens is 384 g/mol. The number of ether oxygens (including phenoxy) is 6. The summed E-state index contributed by atoms with van der Waals surface area (Å²) in [7, 11) is 0. The Hall–Kier alpha value is -0.240. The smallest absolute Gasteiger partial charge is 0.190 e. The van der Waals surface area contributed by atoms with Crippen molar-refractivity contribution in [3.8, 4) is 0 Å². The number of hydrogen-bond donors (Lipinski definition) is 0. The van der Waals surface area contributed by atoms with Crippen LogP contribution in [0.1, 0.15) is 96.8 Å². The third kappa shape index (κ3) is 4.33. The highest BCUT2D eigenvalue weighted by molar-refractivity contribution is 5.03. The molecule has 3 aliphatic heterocycles. The molecule has 0 aromatic rings. The van der Waals surface area contributed by atoms with Gasteiger partial charge in [-0.05, 0) is 32.1 Å². The van der Waals surface area contributed by atoms with Gasteiger partial charge in [0, 0.05) is 32.3 Å².